The van der Waals surface area contributed by atoms with E-state index in [9.17, 15) is 24.1 Å². The molecule has 2 aliphatic heterocycles. The van der Waals surface area contributed by atoms with Crippen molar-refractivity contribution < 1.29 is 18.9 Å². The summed E-state index contributed by atoms with van der Waals surface area (Å²) in [6, 6.07) is 10.1. The molecule has 0 atom stereocenters. The maximum atomic E-state index is 13.4. The number of hydrogen-bond donors (Lipinski definition) is 1. The predicted octanol–water partition coefficient (Wildman–Crippen LogP) is 1.74. The van der Waals surface area contributed by atoms with Gasteiger partial charge in [0.2, 0.25) is 0 Å². The van der Waals surface area contributed by atoms with Crippen LogP contribution in [0.5, 0.6) is 0 Å². The van der Waals surface area contributed by atoms with Crippen molar-refractivity contribution in [3.63, 3.8) is 0 Å². The van der Waals surface area contributed by atoms with Crippen molar-refractivity contribution in [3.8, 4) is 0 Å². The van der Waals surface area contributed by atoms with Crippen molar-refractivity contribution >= 4 is 23.2 Å². The summed E-state index contributed by atoms with van der Waals surface area (Å²) >= 11 is 0. The number of nitrogens with zero attached hydrogens (tertiary/aromatic N) is 4. The molecule has 2 aromatic rings. The van der Waals surface area contributed by atoms with Gasteiger partial charge in [-0.3, -0.25) is 19.7 Å². The lowest BCUT2D eigenvalue weighted by atomic mass is 10.1. The van der Waals surface area contributed by atoms with Gasteiger partial charge in [-0.05, 0) is 30.3 Å². The SMILES string of the molecule is O=C(c1ccc(N2CCN(C(=O)c3cccc(F)c3)CC2)c([N+](=O)[O-])c1)N1CCNCC1. The minimum atomic E-state index is -0.478. The summed E-state index contributed by atoms with van der Waals surface area (Å²) in [5, 5.41) is 14.9. The highest BCUT2D eigenvalue weighted by molar-refractivity contribution is 5.96. The molecule has 0 aromatic heterocycles. The number of hydrogen-bond acceptors (Lipinski definition) is 6. The first-order valence-electron chi connectivity index (χ1n) is 10.5. The van der Waals surface area contributed by atoms with Crippen molar-refractivity contribution in [1.82, 2.24) is 15.1 Å². The van der Waals surface area contributed by atoms with Crippen molar-refractivity contribution in [2.24, 2.45) is 0 Å². The summed E-state index contributed by atoms with van der Waals surface area (Å²) in [6.45, 7) is 4.03. The maximum Gasteiger partial charge on any atom is 0.293 e. The van der Waals surface area contributed by atoms with Gasteiger partial charge in [0.25, 0.3) is 17.5 Å². The number of carbonyl (C=O) groups is 2. The van der Waals surface area contributed by atoms with Gasteiger partial charge in [0.15, 0.2) is 0 Å². The lowest BCUT2D eigenvalue weighted by Gasteiger charge is -2.36. The highest BCUT2D eigenvalue weighted by atomic mass is 19.1. The molecule has 10 heteroatoms. The van der Waals surface area contributed by atoms with Gasteiger partial charge in [-0.1, -0.05) is 6.07 Å². The molecule has 2 amide bonds. The lowest BCUT2D eigenvalue weighted by molar-refractivity contribution is -0.384. The fourth-order valence-electron chi connectivity index (χ4n) is 4.08. The fourth-order valence-corrected chi connectivity index (χ4v) is 4.08. The quantitative estimate of drug-likeness (QED) is 0.573. The average Bonchev–Trinajstić information content (AvgIpc) is 2.83. The van der Waals surface area contributed by atoms with Crippen molar-refractivity contribution in [2.45, 2.75) is 0 Å². The van der Waals surface area contributed by atoms with Crippen LogP contribution in [0.1, 0.15) is 20.7 Å². The van der Waals surface area contributed by atoms with E-state index < -0.39 is 10.7 Å². The monoisotopic (exact) mass is 441 g/mol. The van der Waals surface area contributed by atoms with Crippen LogP contribution in [0.4, 0.5) is 15.8 Å². The minimum absolute atomic E-state index is 0.129. The highest BCUT2D eigenvalue weighted by Gasteiger charge is 2.28. The van der Waals surface area contributed by atoms with Crippen LogP contribution in [-0.4, -0.2) is 78.9 Å². The van der Waals surface area contributed by atoms with Crippen LogP contribution in [0.3, 0.4) is 0 Å². The molecule has 0 spiro atoms. The number of nitro benzene ring substituents is 1. The number of rotatable bonds is 4. The Balaban J connectivity index is 1.47. The number of benzene rings is 2. The van der Waals surface area contributed by atoms with Crippen molar-refractivity contribution in [1.29, 1.82) is 0 Å². The van der Waals surface area contributed by atoms with Gasteiger partial charge in [-0.15, -0.1) is 0 Å². The van der Waals surface area contributed by atoms with E-state index >= 15 is 0 Å². The van der Waals surface area contributed by atoms with E-state index in [0.29, 0.717) is 63.6 Å². The second-order valence-electron chi connectivity index (χ2n) is 7.79. The van der Waals surface area contributed by atoms with Gasteiger partial charge in [0.1, 0.15) is 11.5 Å². The van der Waals surface area contributed by atoms with Gasteiger partial charge in [0, 0.05) is 69.6 Å². The Bertz CT molecular complexity index is 1030. The van der Waals surface area contributed by atoms with Crippen LogP contribution in [0.2, 0.25) is 0 Å². The lowest BCUT2D eigenvalue weighted by Crippen LogP contribution is -2.49. The zero-order chi connectivity index (χ0) is 22.7. The summed E-state index contributed by atoms with van der Waals surface area (Å²) in [7, 11) is 0. The zero-order valence-electron chi connectivity index (χ0n) is 17.5. The Morgan fingerprint density at radius 1 is 0.875 bits per heavy atom. The summed E-state index contributed by atoms with van der Waals surface area (Å²) in [5.74, 6) is -0.956. The molecule has 1 N–H and O–H groups in total. The molecule has 2 fully saturated rings. The number of anilines is 1. The molecule has 2 saturated heterocycles. The van der Waals surface area contributed by atoms with E-state index in [1.807, 2.05) is 4.90 Å². The third-order valence-electron chi connectivity index (χ3n) is 5.80. The number of carbonyl (C=O) groups excluding carboxylic acids is 2. The molecule has 32 heavy (non-hydrogen) atoms. The van der Waals surface area contributed by atoms with E-state index in [4.69, 9.17) is 0 Å². The highest BCUT2D eigenvalue weighted by Crippen LogP contribution is 2.31. The Kier molecular flexibility index (Phi) is 6.31. The van der Waals surface area contributed by atoms with Crippen LogP contribution in [-0.2, 0) is 0 Å². The Labute approximate surface area is 184 Å². The molecule has 9 nitrogen and oxygen atoms in total. The molecule has 0 unspecified atom stereocenters. The molecule has 2 heterocycles. The summed E-state index contributed by atoms with van der Waals surface area (Å²) in [4.78, 5) is 41.8. The van der Waals surface area contributed by atoms with E-state index in [0.717, 1.165) is 0 Å². The Morgan fingerprint density at radius 3 is 2.12 bits per heavy atom. The van der Waals surface area contributed by atoms with E-state index in [1.165, 1.54) is 24.3 Å². The standard InChI is InChI=1S/C22H24FN5O4/c23-18-3-1-2-16(14-18)21(29)27-12-10-25(11-13-27)19-5-4-17(15-20(19)28(31)32)22(30)26-8-6-24-7-9-26/h1-5,14-15,24H,6-13H2. The Hall–Kier alpha value is -3.53. The zero-order valence-corrected chi connectivity index (χ0v) is 17.5. The van der Waals surface area contributed by atoms with E-state index in [-0.39, 0.29) is 23.1 Å². The number of halogens is 1. The van der Waals surface area contributed by atoms with E-state index in [2.05, 4.69) is 5.32 Å². The first kappa shape index (κ1) is 21.7. The molecule has 0 aliphatic carbocycles. The smallest absolute Gasteiger partial charge is 0.293 e. The molecule has 4 rings (SSSR count). The van der Waals surface area contributed by atoms with Gasteiger partial charge in [0.05, 0.1) is 4.92 Å². The van der Waals surface area contributed by atoms with E-state index in [1.54, 1.807) is 28.0 Å². The molecule has 2 aromatic carbocycles. The summed E-state index contributed by atoms with van der Waals surface area (Å²) < 4.78 is 13.4. The van der Waals surface area contributed by atoms with Gasteiger partial charge in [-0.25, -0.2) is 4.39 Å². The fraction of sp³-hybridized carbons (Fsp3) is 0.364. The van der Waals surface area contributed by atoms with Crippen LogP contribution in [0, 0.1) is 15.9 Å². The summed E-state index contributed by atoms with van der Waals surface area (Å²) in [6.07, 6.45) is 0. The second kappa shape index (κ2) is 9.31. The first-order valence-corrected chi connectivity index (χ1v) is 10.5. The van der Waals surface area contributed by atoms with Crippen LogP contribution >= 0.6 is 0 Å². The number of piperazine rings is 2. The van der Waals surface area contributed by atoms with Crippen LogP contribution in [0.25, 0.3) is 0 Å². The number of amides is 2. The maximum absolute atomic E-state index is 13.4. The predicted molar refractivity (Wildman–Crippen MR) is 116 cm³/mol. The van der Waals surface area contributed by atoms with Crippen LogP contribution in [0.15, 0.2) is 42.5 Å². The van der Waals surface area contributed by atoms with Crippen molar-refractivity contribution in [2.75, 3.05) is 57.3 Å². The molecular weight excluding hydrogens is 417 g/mol. The topological polar surface area (TPSA) is 99.0 Å². The van der Waals surface area contributed by atoms with Gasteiger partial charge < -0.3 is 20.0 Å². The third kappa shape index (κ3) is 4.54. The number of nitro groups is 1. The van der Waals surface area contributed by atoms with Crippen molar-refractivity contribution in [3.05, 3.63) is 69.5 Å². The first-order chi connectivity index (χ1) is 15.4. The third-order valence-corrected chi connectivity index (χ3v) is 5.80. The minimum Gasteiger partial charge on any atom is -0.362 e. The molecule has 0 bridgehead atoms. The normalized spacial score (nSPS) is 16.7. The van der Waals surface area contributed by atoms with Crippen LogP contribution < -0.4 is 10.2 Å². The van der Waals surface area contributed by atoms with Gasteiger partial charge >= 0.3 is 0 Å². The molecule has 2 aliphatic rings. The van der Waals surface area contributed by atoms with Gasteiger partial charge in [-0.2, -0.15) is 0 Å². The average molecular weight is 441 g/mol. The largest absolute Gasteiger partial charge is 0.362 e. The molecular formula is C22H24FN5O4. The molecule has 0 radical (unpaired) electrons. The molecule has 168 valence electrons. The number of nitrogens with one attached hydrogen (secondary N) is 1. The summed E-state index contributed by atoms with van der Waals surface area (Å²) in [5.41, 5.74) is 0.864. The Morgan fingerprint density at radius 2 is 1.50 bits per heavy atom. The second-order valence-corrected chi connectivity index (χ2v) is 7.79. The molecule has 0 saturated carbocycles.